The summed E-state index contributed by atoms with van der Waals surface area (Å²) in [6, 6.07) is 7.92. The molecule has 1 fully saturated rings. The van der Waals surface area contributed by atoms with Crippen LogP contribution < -0.4 is 5.32 Å². The van der Waals surface area contributed by atoms with Crippen LogP contribution in [0.3, 0.4) is 0 Å². The normalized spacial score (nSPS) is 13.8. The van der Waals surface area contributed by atoms with Crippen molar-refractivity contribution in [3.8, 4) is 0 Å². The second kappa shape index (κ2) is 9.58. The molecule has 1 saturated heterocycles. The van der Waals surface area contributed by atoms with Crippen molar-refractivity contribution in [3.05, 3.63) is 29.8 Å². The maximum Gasteiger partial charge on any atom is 0.414 e. The Kier molecular flexibility index (Phi) is 7.76. The van der Waals surface area contributed by atoms with Crippen LogP contribution in [-0.4, -0.2) is 52.6 Å². The molecule has 7 nitrogen and oxygen atoms in total. The molecular formula is C16H22N2O5. The van der Waals surface area contributed by atoms with Gasteiger partial charge < -0.3 is 20.4 Å². The van der Waals surface area contributed by atoms with Crippen LogP contribution in [0.25, 0.3) is 0 Å². The number of carbonyl (C=O) groups excluding carboxylic acids is 1. The predicted octanol–water partition coefficient (Wildman–Crippen LogP) is 1.58. The Morgan fingerprint density at radius 2 is 1.57 bits per heavy atom. The van der Waals surface area contributed by atoms with E-state index in [0.29, 0.717) is 6.42 Å². The zero-order chi connectivity index (χ0) is 17.2. The lowest BCUT2D eigenvalue weighted by Gasteiger charge is -2.13. The van der Waals surface area contributed by atoms with Gasteiger partial charge in [0.2, 0.25) is 5.91 Å². The Labute approximate surface area is 134 Å². The fraction of sp³-hybridized carbons (Fsp3) is 0.438. The lowest BCUT2D eigenvalue weighted by molar-refractivity contribution is -0.159. The van der Waals surface area contributed by atoms with E-state index in [-0.39, 0.29) is 5.91 Å². The zero-order valence-corrected chi connectivity index (χ0v) is 13.1. The molecule has 23 heavy (non-hydrogen) atoms. The highest BCUT2D eigenvalue weighted by atomic mass is 16.4. The second-order valence-corrected chi connectivity index (χ2v) is 5.32. The van der Waals surface area contributed by atoms with Gasteiger partial charge in [-0.25, -0.2) is 9.59 Å². The van der Waals surface area contributed by atoms with E-state index in [0.717, 1.165) is 25.3 Å². The van der Waals surface area contributed by atoms with E-state index in [2.05, 4.69) is 10.2 Å². The highest BCUT2D eigenvalue weighted by Gasteiger charge is 2.12. The molecule has 1 amide bonds. The molecule has 1 aliphatic heterocycles. The summed E-state index contributed by atoms with van der Waals surface area (Å²) in [6.45, 7) is 5.23. The number of aryl methyl sites for hydroxylation is 1. The molecule has 0 bridgehead atoms. The fourth-order valence-electron chi connectivity index (χ4n) is 2.13. The maximum atomic E-state index is 11.7. The molecule has 0 aromatic heterocycles. The second-order valence-electron chi connectivity index (χ2n) is 5.32. The summed E-state index contributed by atoms with van der Waals surface area (Å²) < 4.78 is 0. The monoisotopic (exact) mass is 322 g/mol. The summed E-state index contributed by atoms with van der Waals surface area (Å²) in [5, 5.41) is 17.7. The first-order valence-corrected chi connectivity index (χ1v) is 7.43. The van der Waals surface area contributed by atoms with Crippen LogP contribution in [-0.2, 0) is 14.4 Å². The number of likely N-dealkylation sites (tertiary alicyclic amines) is 1. The van der Waals surface area contributed by atoms with Crippen molar-refractivity contribution in [3.63, 3.8) is 0 Å². The molecule has 3 N–H and O–H groups in total. The highest BCUT2D eigenvalue weighted by molar-refractivity contribution is 6.27. The third-order valence-electron chi connectivity index (χ3n) is 3.37. The molecule has 1 heterocycles. The van der Waals surface area contributed by atoms with Crippen molar-refractivity contribution in [1.82, 2.24) is 4.90 Å². The van der Waals surface area contributed by atoms with Crippen LogP contribution in [0, 0.1) is 6.92 Å². The number of carboxylic acid groups (broad SMARTS) is 2. The van der Waals surface area contributed by atoms with Gasteiger partial charge in [-0.15, -0.1) is 0 Å². The van der Waals surface area contributed by atoms with Crippen LogP contribution in [0.5, 0.6) is 0 Å². The molecule has 1 aliphatic rings. The van der Waals surface area contributed by atoms with E-state index in [9.17, 15) is 4.79 Å². The first-order valence-electron chi connectivity index (χ1n) is 7.43. The summed E-state index contributed by atoms with van der Waals surface area (Å²) in [4.78, 5) is 32.3. The molecule has 1 aromatic carbocycles. The van der Waals surface area contributed by atoms with Gasteiger partial charge >= 0.3 is 11.9 Å². The number of hydrogen-bond donors (Lipinski definition) is 3. The minimum absolute atomic E-state index is 0.112. The van der Waals surface area contributed by atoms with Gasteiger partial charge in [-0.1, -0.05) is 17.7 Å². The van der Waals surface area contributed by atoms with Gasteiger partial charge in [0, 0.05) is 18.7 Å². The van der Waals surface area contributed by atoms with Gasteiger partial charge in [-0.2, -0.15) is 0 Å². The van der Waals surface area contributed by atoms with Crippen molar-refractivity contribution in [1.29, 1.82) is 0 Å². The van der Waals surface area contributed by atoms with Crippen LogP contribution >= 0.6 is 0 Å². The molecule has 0 unspecified atom stereocenters. The lowest BCUT2D eigenvalue weighted by atomic mass is 10.2. The first kappa shape index (κ1) is 18.6. The number of rotatable bonds is 4. The maximum absolute atomic E-state index is 11.7. The van der Waals surface area contributed by atoms with Gasteiger partial charge in [0.25, 0.3) is 0 Å². The standard InChI is InChI=1S/C14H20N2O.C2H2O4/c1-12-4-6-13(7-5-12)15-14(17)8-11-16-9-2-3-10-16;3-1(4)2(5)6/h4-7H,2-3,8-11H2,1H3,(H,15,17);(H,3,4)(H,5,6). The van der Waals surface area contributed by atoms with Crippen molar-refractivity contribution >= 4 is 23.5 Å². The molecule has 0 aliphatic carbocycles. The number of carbonyl (C=O) groups is 3. The zero-order valence-electron chi connectivity index (χ0n) is 13.1. The van der Waals surface area contributed by atoms with Crippen molar-refractivity contribution in [2.24, 2.45) is 0 Å². The van der Waals surface area contributed by atoms with Gasteiger partial charge in [0.05, 0.1) is 0 Å². The third-order valence-corrected chi connectivity index (χ3v) is 3.37. The number of anilines is 1. The first-order chi connectivity index (χ1) is 10.9. The number of benzene rings is 1. The van der Waals surface area contributed by atoms with Crippen LogP contribution in [0.4, 0.5) is 5.69 Å². The van der Waals surface area contributed by atoms with Gasteiger partial charge in [-0.05, 0) is 45.0 Å². The average molecular weight is 322 g/mol. The number of amides is 1. The van der Waals surface area contributed by atoms with Gasteiger partial charge in [-0.3, -0.25) is 4.79 Å². The number of aliphatic carboxylic acids is 2. The van der Waals surface area contributed by atoms with E-state index in [1.54, 1.807) is 0 Å². The summed E-state index contributed by atoms with van der Waals surface area (Å²) in [7, 11) is 0. The lowest BCUT2D eigenvalue weighted by Crippen LogP contribution is -2.25. The van der Waals surface area contributed by atoms with Crippen LogP contribution in [0.15, 0.2) is 24.3 Å². The van der Waals surface area contributed by atoms with Gasteiger partial charge in [0.15, 0.2) is 0 Å². The molecular weight excluding hydrogens is 300 g/mol. The molecule has 0 spiro atoms. The number of hydrogen-bond acceptors (Lipinski definition) is 4. The largest absolute Gasteiger partial charge is 0.473 e. The quantitative estimate of drug-likeness (QED) is 0.727. The SMILES string of the molecule is Cc1ccc(NC(=O)CCN2CCCC2)cc1.O=C(O)C(=O)O. The molecule has 126 valence electrons. The van der Waals surface area contributed by atoms with Crippen molar-refractivity contribution < 1.29 is 24.6 Å². The van der Waals surface area contributed by atoms with E-state index >= 15 is 0 Å². The molecule has 0 saturated carbocycles. The third kappa shape index (κ3) is 7.96. The Bertz CT molecular complexity index is 524. The topological polar surface area (TPSA) is 107 Å². The highest BCUT2D eigenvalue weighted by Crippen LogP contribution is 2.10. The molecule has 0 radical (unpaired) electrons. The van der Waals surface area contributed by atoms with E-state index in [1.165, 1.54) is 18.4 Å². The number of nitrogens with zero attached hydrogens (tertiary/aromatic N) is 1. The van der Waals surface area contributed by atoms with E-state index < -0.39 is 11.9 Å². The fourth-order valence-corrected chi connectivity index (χ4v) is 2.13. The summed E-state index contributed by atoms with van der Waals surface area (Å²) in [5.74, 6) is -3.54. The van der Waals surface area contributed by atoms with Crippen LogP contribution in [0.2, 0.25) is 0 Å². The molecule has 0 atom stereocenters. The Hall–Kier alpha value is -2.41. The Morgan fingerprint density at radius 1 is 1.04 bits per heavy atom. The van der Waals surface area contributed by atoms with Crippen molar-refractivity contribution in [2.45, 2.75) is 26.2 Å². The van der Waals surface area contributed by atoms with E-state index in [4.69, 9.17) is 19.8 Å². The Balaban J connectivity index is 0.000000379. The summed E-state index contributed by atoms with van der Waals surface area (Å²) >= 11 is 0. The number of nitrogens with one attached hydrogen (secondary N) is 1. The average Bonchev–Trinajstić information content (AvgIpc) is 3.01. The molecule has 7 heteroatoms. The smallest absolute Gasteiger partial charge is 0.414 e. The predicted molar refractivity (Wildman–Crippen MR) is 85.4 cm³/mol. The summed E-state index contributed by atoms with van der Waals surface area (Å²) in [6.07, 6.45) is 3.15. The minimum atomic E-state index is -1.82. The number of carboxylic acids is 2. The van der Waals surface area contributed by atoms with E-state index in [1.807, 2.05) is 31.2 Å². The molecule has 2 rings (SSSR count). The van der Waals surface area contributed by atoms with Crippen molar-refractivity contribution in [2.75, 3.05) is 25.0 Å². The minimum Gasteiger partial charge on any atom is -0.473 e. The van der Waals surface area contributed by atoms with Gasteiger partial charge in [0.1, 0.15) is 0 Å². The molecule has 1 aromatic rings. The van der Waals surface area contributed by atoms with Crippen LogP contribution in [0.1, 0.15) is 24.8 Å². The summed E-state index contributed by atoms with van der Waals surface area (Å²) in [5.41, 5.74) is 2.10. The Morgan fingerprint density at radius 3 is 2.04 bits per heavy atom.